The van der Waals surface area contributed by atoms with Crippen LogP contribution in [0.1, 0.15) is 6.42 Å². The van der Waals surface area contributed by atoms with Gasteiger partial charge in [0.25, 0.3) is 0 Å². The Bertz CT molecular complexity index is 157. The zero-order valence-electron chi connectivity index (χ0n) is 6.82. The first-order valence-electron chi connectivity index (χ1n) is 4.00. The highest BCUT2D eigenvalue weighted by atomic mass is 16.5. The van der Waals surface area contributed by atoms with Crippen molar-refractivity contribution in [2.24, 2.45) is 5.73 Å². The number of aliphatic hydroxyl groups excluding tert-OH is 1. The summed E-state index contributed by atoms with van der Waals surface area (Å²) < 4.78 is 5.27. The van der Waals surface area contributed by atoms with Crippen molar-refractivity contribution in [1.82, 2.24) is 5.32 Å². The van der Waals surface area contributed by atoms with E-state index in [1.165, 1.54) is 0 Å². The van der Waals surface area contributed by atoms with E-state index in [9.17, 15) is 4.79 Å². The van der Waals surface area contributed by atoms with E-state index >= 15 is 0 Å². The molecule has 0 aromatic rings. The molecule has 5 heteroatoms. The molecule has 0 bridgehead atoms. The Morgan fingerprint density at radius 3 is 3.08 bits per heavy atom. The van der Waals surface area contributed by atoms with Crippen molar-refractivity contribution in [3.63, 3.8) is 0 Å². The average molecular weight is 174 g/mol. The van der Waals surface area contributed by atoms with E-state index in [4.69, 9.17) is 15.6 Å². The molecule has 2 atom stereocenters. The highest BCUT2D eigenvalue weighted by molar-refractivity contribution is 5.78. The van der Waals surface area contributed by atoms with Gasteiger partial charge in [0, 0.05) is 19.5 Å². The van der Waals surface area contributed by atoms with Crippen LogP contribution in [0.3, 0.4) is 0 Å². The quantitative estimate of drug-likeness (QED) is 0.472. The van der Waals surface area contributed by atoms with Gasteiger partial charge in [-0.25, -0.2) is 0 Å². The van der Waals surface area contributed by atoms with Crippen LogP contribution in [0.2, 0.25) is 0 Å². The molecule has 1 heterocycles. The summed E-state index contributed by atoms with van der Waals surface area (Å²) in [6.45, 7) is 2.11. The minimum Gasteiger partial charge on any atom is -0.383 e. The molecule has 0 spiro atoms. The van der Waals surface area contributed by atoms with Gasteiger partial charge in [0.05, 0.1) is 12.7 Å². The van der Waals surface area contributed by atoms with Gasteiger partial charge in [-0.2, -0.15) is 0 Å². The molecule has 70 valence electrons. The minimum atomic E-state index is -1.09. The summed E-state index contributed by atoms with van der Waals surface area (Å²) in [5, 5.41) is 12.2. The van der Waals surface area contributed by atoms with Gasteiger partial charge in [-0.1, -0.05) is 0 Å². The Balaban J connectivity index is 2.24. The zero-order chi connectivity index (χ0) is 8.97. The van der Waals surface area contributed by atoms with E-state index in [2.05, 4.69) is 5.32 Å². The first kappa shape index (κ1) is 9.44. The number of hydrogen-bond acceptors (Lipinski definition) is 4. The molecule has 0 saturated carbocycles. The third-order valence-corrected chi connectivity index (χ3v) is 1.82. The van der Waals surface area contributed by atoms with Crippen LogP contribution in [-0.2, 0) is 9.53 Å². The number of amides is 1. The van der Waals surface area contributed by atoms with Gasteiger partial charge in [0.15, 0.2) is 0 Å². The Labute approximate surface area is 70.9 Å². The topological polar surface area (TPSA) is 84.6 Å². The van der Waals surface area contributed by atoms with Crippen molar-refractivity contribution >= 4 is 5.91 Å². The molecule has 0 aliphatic carbocycles. The number of rotatable bonds is 3. The van der Waals surface area contributed by atoms with Gasteiger partial charge in [-0.15, -0.1) is 0 Å². The molecule has 1 fully saturated rings. The van der Waals surface area contributed by atoms with Crippen LogP contribution in [0.4, 0.5) is 0 Å². The Hall–Kier alpha value is -0.650. The number of primary amides is 1. The predicted octanol–water partition coefficient (Wildman–Crippen LogP) is -1.79. The molecule has 4 N–H and O–H groups in total. The van der Waals surface area contributed by atoms with Gasteiger partial charge in [-0.3, -0.25) is 4.79 Å². The van der Waals surface area contributed by atoms with Crippen molar-refractivity contribution in [1.29, 1.82) is 0 Å². The van der Waals surface area contributed by atoms with Crippen LogP contribution < -0.4 is 11.1 Å². The second-order valence-electron chi connectivity index (χ2n) is 2.85. The van der Waals surface area contributed by atoms with Gasteiger partial charge < -0.3 is 20.9 Å². The van der Waals surface area contributed by atoms with Crippen LogP contribution >= 0.6 is 0 Å². The number of aliphatic hydroxyl groups is 1. The van der Waals surface area contributed by atoms with Gasteiger partial charge in [-0.05, 0) is 0 Å². The van der Waals surface area contributed by atoms with Gasteiger partial charge >= 0.3 is 0 Å². The molecule has 1 aliphatic heterocycles. The van der Waals surface area contributed by atoms with E-state index < -0.39 is 12.0 Å². The molecule has 1 amide bonds. The lowest BCUT2D eigenvalue weighted by atomic mass is 10.1. The minimum absolute atomic E-state index is 0.0961. The Kier molecular flexibility index (Phi) is 3.46. The second kappa shape index (κ2) is 4.39. The zero-order valence-corrected chi connectivity index (χ0v) is 6.82. The molecular weight excluding hydrogens is 160 g/mol. The first-order valence-corrected chi connectivity index (χ1v) is 4.00. The molecule has 0 aromatic carbocycles. The van der Waals surface area contributed by atoms with Crippen LogP contribution in [0.5, 0.6) is 0 Å². The number of ether oxygens (including phenoxy) is 1. The molecule has 1 aliphatic rings. The van der Waals surface area contributed by atoms with Crippen molar-refractivity contribution in [3.8, 4) is 0 Å². The lowest BCUT2D eigenvalue weighted by molar-refractivity contribution is -0.128. The Morgan fingerprint density at radius 2 is 2.58 bits per heavy atom. The molecule has 0 unspecified atom stereocenters. The first-order chi connectivity index (χ1) is 5.70. The average Bonchev–Trinajstić information content (AvgIpc) is 2.06. The van der Waals surface area contributed by atoms with Crippen molar-refractivity contribution in [2.45, 2.75) is 18.6 Å². The van der Waals surface area contributed by atoms with Crippen molar-refractivity contribution in [3.05, 3.63) is 0 Å². The predicted molar refractivity (Wildman–Crippen MR) is 42.4 cm³/mol. The number of nitrogens with one attached hydrogen (secondary N) is 1. The molecule has 0 radical (unpaired) electrons. The van der Waals surface area contributed by atoms with E-state index in [1.54, 1.807) is 0 Å². The van der Waals surface area contributed by atoms with E-state index in [0.29, 0.717) is 13.2 Å². The maximum absolute atomic E-state index is 10.5. The number of carbonyl (C=O) groups is 1. The number of carbonyl (C=O) groups excluding carboxylic acids is 1. The SMILES string of the molecule is NC(=O)[C@@H](O)C[C@H]1CNCCO1. The molecule has 0 aromatic heterocycles. The van der Waals surface area contributed by atoms with Crippen LogP contribution in [0.15, 0.2) is 0 Å². The normalized spacial score (nSPS) is 26.6. The smallest absolute Gasteiger partial charge is 0.246 e. The lowest BCUT2D eigenvalue weighted by Gasteiger charge is -2.24. The third-order valence-electron chi connectivity index (χ3n) is 1.82. The highest BCUT2D eigenvalue weighted by Crippen LogP contribution is 2.04. The summed E-state index contributed by atoms with van der Waals surface area (Å²) in [5.74, 6) is -0.691. The fraction of sp³-hybridized carbons (Fsp3) is 0.857. The summed E-state index contributed by atoms with van der Waals surface area (Å²) >= 11 is 0. The molecule has 1 rings (SSSR count). The van der Waals surface area contributed by atoms with E-state index in [-0.39, 0.29) is 12.5 Å². The summed E-state index contributed by atoms with van der Waals surface area (Å²) in [4.78, 5) is 10.5. The summed E-state index contributed by atoms with van der Waals surface area (Å²) in [5.41, 5.74) is 4.89. The Morgan fingerprint density at radius 1 is 1.83 bits per heavy atom. The maximum Gasteiger partial charge on any atom is 0.246 e. The monoisotopic (exact) mass is 174 g/mol. The fourth-order valence-corrected chi connectivity index (χ4v) is 1.14. The van der Waals surface area contributed by atoms with Crippen LogP contribution in [0, 0.1) is 0 Å². The number of nitrogens with two attached hydrogens (primary N) is 1. The van der Waals surface area contributed by atoms with Crippen molar-refractivity contribution < 1.29 is 14.6 Å². The fourth-order valence-electron chi connectivity index (χ4n) is 1.14. The summed E-state index contributed by atoms with van der Waals surface area (Å²) in [6.07, 6.45) is -0.904. The van der Waals surface area contributed by atoms with Crippen LogP contribution in [-0.4, -0.2) is 42.9 Å². The summed E-state index contributed by atoms with van der Waals surface area (Å²) in [6, 6.07) is 0. The highest BCUT2D eigenvalue weighted by Gasteiger charge is 2.20. The lowest BCUT2D eigenvalue weighted by Crippen LogP contribution is -2.42. The van der Waals surface area contributed by atoms with E-state index in [0.717, 1.165) is 6.54 Å². The maximum atomic E-state index is 10.5. The third kappa shape index (κ3) is 2.77. The van der Waals surface area contributed by atoms with Gasteiger partial charge in [0.1, 0.15) is 6.10 Å². The van der Waals surface area contributed by atoms with E-state index in [1.807, 2.05) is 0 Å². The standard InChI is InChI=1S/C7H14N2O3/c8-7(11)6(10)3-5-4-9-1-2-12-5/h5-6,9-10H,1-4H2,(H2,8,11)/t5-,6-/m0/s1. The van der Waals surface area contributed by atoms with Crippen LogP contribution in [0.25, 0.3) is 0 Å². The largest absolute Gasteiger partial charge is 0.383 e. The molecule has 1 saturated heterocycles. The van der Waals surface area contributed by atoms with Crippen molar-refractivity contribution in [2.75, 3.05) is 19.7 Å². The number of morpholine rings is 1. The second-order valence-corrected chi connectivity index (χ2v) is 2.85. The van der Waals surface area contributed by atoms with Gasteiger partial charge in [0.2, 0.25) is 5.91 Å². The molecular formula is C7H14N2O3. The number of hydrogen-bond donors (Lipinski definition) is 3. The summed E-state index contributed by atoms with van der Waals surface area (Å²) in [7, 11) is 0. The molecule has 12 heavy (non-hydrogen) atoms. The molecule has 5 nitrogen and oxygen atoms in total.